The maximum Gasteiger partial charge on any atom is 0.271 e. The third-order valence-electron chi connectivity index (χ3n) is 5.53. The summed E-state index contributed by atoms with van der Waals surface area (Å²) in [4.78, 5) is 21.1. The van der Waals surface area contributed by atoms with Crippen molar-refractivity contribution in [3.63, 3.8) is 0 Å². The first-order chi connectivity index (χ1) is 16.1. The van der Waals surface area contributed by atoms with Gasteiger partial charge >= 0.3 is 0 Å². The lowest BCUT2D eigenvalue weighted by molar-refractivity contribution is 0.593. The number of fused-ring (bicyclic) bond motifs is 2. The minimum absolute atomic E-state index is 0.0687. The van der Waals surface area contributed by atoms with E-state index in [1.165, 1.54) is 42.1 Å². The molecule has 0 amide bonds. The van der Waals surface area contributed by atoms with E-state index in [1.54, 1.807) is 0 Å². The molecule has 0 aliphatic heterocycles. The number of anilines is 2. The van der Waals surface area contributed by atoms with Gasteiger partial charge in [0.05, 0.1) is 9.92 Å². The van der Waals surface area contributed by atoms with E-state index < -0.39 is 20.3 Å². The molecule has 0 atom stereocenters. The van der Waals surface area contributed by atoms with Crippen molar-refractivity contribution in [3.05, 3.63) is 81.3 Å². The Hall–Kier alpha value is -3.40. The maximum absolute atomic E-state index is 13.2. The lowest BCUT2D eigenvalue weighted by atomic mass is 10.2. The molecule has 3 aromatic heterocycles. The molecule has 34 heavy (non-hydrogen) atoms. The van der Waals surface area contributed by atoms with Crippen molar-refractivity contribution >= 4 is 66.6 Å². The van der Waals surface area contributed by atoms with E-state index in [4.69, 9.17) is 23.2 Å². The quantitative estimate of drug-likeness (QED) is 0.373. The number of hydrogen-bond donors (Lipinski definition) is 1. The highest BCUT2D eigenvalue weighted by Crippen LogP contribution is 2.30. The Kier molecular flexibility index (Phi) is 5.35. The zero-order valence-corrected chi connectivity index (χ0v) is 20.3. The van der Waals surface area contributed by atoms with Crippen LogP contribution in [0.5, 0.6) is 0 Å². The van der Waals surface area contributed by atoms with Crippen LogP contribution in [-0.2, 0) is 23.9 Å². The number of rotatable bonds is 4. The first kappa shape index (κ1) is 22.4. The fourth-order valence-corrected chi connectivity index (χ4v) is 5.93. The lowest BCUT2D eigenvalue weighted by Gasteiger charge is -2.11. The van der Waals surface area contributed by atoms with Crippen LogP contribution < -0.4 is 10.9 Å². The van der Waals surface area contributed by atoms with Crippen LogP contribution in [0.15, 0.2) is 75.5 Å². The SMILES string of the molecule is Cn1ccc2cc(Nc3ncc4cc(S(=O)(=O)c5ccc(Cl)cc5Cl)c(=O)n(C)c4n3)ccc21. The van der Waals surface area contributed by atoms with Gasteiger partial charge in [-0.25, -0.2) is 13.4 Å². The van der Waals surface area contributed by atoms with E-state index in [1.807, 2.05) is 42.1 Å². The minimum atomic E-state index is -4.21. The van der Waals surface area contributed by atoms with E-state index >= 15 is 0 Å². The summed E-state index contributed by atoms with van der Waals surface area (Å²) in [6.45, 7) is 0. The number of nitrogens with one attached hydrogen (secondary N) is 1. The second-order valence-corrected chi connectivity index (χ2v) is 10.5. The number of sulfone groups is 1. The highest BCUT2D eigenvalue weighted by atomic mass is 35.5. The Labute approximate surface area is 204 Å². The Balaban J connectivity index is 1.57. The van der Waals surface area contributed by atoms with Crippen LogP contribution in [0.4, 0.5) is 11.6 Å². The normalized spacial score (nSPS) is 11.9. The van der Waals surface area contributed by atoms with Gasteiger partial charge in [0.25, 0.3) is 5.56 Å². The standard InChI is InChI=1S/C23H17Cl2N5O3S/c1-29-8-7-13-9-16(4-5-18(13)29)27-23-26-12-14-10-20(22(31)30(2)21(14)28-23)34(32,33)19-6-3-15(24)11-17(19)25/h3-12H,1-2H3,(H,26,27,28). The van der Waals surface area contributed by atoms with Crippen molar-refractivity contribution in [1.29, 1.82) is 0 Å². The van der Waals surface area contributed by atoms with Crippen molar-refractivity contribution in [2.75, 3.05) is 5.32 Å². The highest BCUT2D eigenvalue weighted by molar-refractivity contribution is 7.91. The third kappa shape index (κ3) is 3.71. The zero-order chi connectivity index (χ0) is 24.2. The van der Waals surface area contributed by atoms with Crippen LogP contribution >= 0.6 is 23.2 Å². The van der Waals surface area contributed by atoms with Crippen molar-refractivity contribution < 1.29 is 8.42 Å². The summed E-state index contributed by atoms with van der Waals surface area (Å²) in [5.74, 6) is 0.272. The van der Waals surface area contributed by atoms with E-state index in [2.05, 4.69) is 15.3 Å². The smallest absolute Gasteiger partial charge is 0.271 e. The number of aryl methyl sites for hydroxylation is 2. The molecule has 5 rings (SSSR count). The molecule has 3 heterocycles. The monoisotopic (exact) mass is 513 g/mol. The van der Waals surface area contributed by atoms with Gasteiger partial charge in [-0.05, 0) is 48.5 Å². The van der Waals surface area contributed by atoms with Gasteiger partial charge in [-0.3, -0.25) is 9.36 Å². The second-order valence-electron chi connectivity index (χ2n) is 7.75. The van der Waals surface area contributed by atoms with Gasteiger partial charge in [-0.2, -0.15) is 4.98 Å². The van der Waals surface area contributed by atoms with Crippen molar-refractivity contribution in [2.24, 2.45) is 14.1 Å². The molecule has 11 heteroatoms. The zero-order valence-electron chi connectivity index (χ0n) is 18.0. The lowest BCUT2D eigenvalue weighted by Crippen LogP contribution is -2.25. The maximum atomic E-state index is 13.2. The molecule has 5 aromatic rings. The van der Waals surface area contributed by atoms with E-state index in [0.717, 1.165) is 16.6 Å². The molecular weight excluding hydrogens is 497 g/mol. The molecule has 0 spiro atoms. The largest absolute Gasteiger partial charge is 0.351 e. The van der Waals surface area contributed by atoms with Gasteiger partial charge in [0, 0.05) is 53.5 Å². The summed E-state index contributed by atoms with van der Waals surface area (Å²) in [5.41, 5.74) is 1.42. The Bertz CT molecular complexity index is 1780. The molecule has 0 aliphatic rings. The van der Waals surface area contributed by atoms with E-state index in [-0.39, 0.29) is 26.5 Å². The van der Waals surface area contributed by atoms with Gasteiger partial charge in [-0.15, -0.1) is 0 Å². The Morgan fingerprint density at radius 1 is 0.941 bits per heavy atom. The van der Waals surface area contributed by atoms with Crippen LogP contribution in [0.2, 0.25) is 10.0 Å². The summed E-state index contributed by atoms with van der Waals surface area (Å²) in [6.07, 6.45) is 3.44. The average Bonchev–Trinajstić information content (AvgIpc) is 3.16. The molecular formula is C23H17Cl2N5O3S. The Morgan fingerprint density at radius 3 is 2.50 bits per heavy atom. The van der Waals surface area contributed by atoms with Crippen LogP contribution in [-0.4, -0.2) is 27.5 Å². The number of aromatic nitrogens is 4. The van der Waals surface area contributed by atoms with Gasteiger partial charge in [-0.1, -0.05) is 23.2 Å². The molecule has 0 fully saturated rings. The number of benzene rings is 2. The highest BCUT2D eigenvalue weighted by Gasteiger charge is 2.26. The van der Waals surface area contributed by atoms with Gasteiger partial charge in [0.1, 0.15) is 10.5 Å². The first-order valence-electron chi connectivity index (χ1n) is 10.0. The molecule has 0 saturated heterocycles. The molecule has 0 bridgehead atoms. The Morgan fingerprint density at radius 2 is 1.74 bits per heavy atom. The van der Waals surface area contributed by atoms with Crippen LogP contribution in [0, 0.1) is 0 Å². The molecule has 0 unspecified atom stereocenters. The predicted molar refractivity (Wildman–Crippen MR) is 133 cm³/mol. The van der Waals surface area contributed by atoms with Crippen molar-refractivity contribution in [3.8, 4) is 0 Å². The topological polar surface area (TPSA) is 98.9 Å². The summed E-state index contributed by atoms with van der Waals surface area (Å²) >= 11 is 12.0. The molecule has 2 aromatic carbocycles. The molecule has 172 valence electrons. The summed E-state index contributed by atoms with van der Waals surface area (Å²) < 4.78 is 29.6. The minimum Gasteiger partial charge on any atom is -0.351 e. The molecule has 1 N–H and O–H groups in total. The van der Waals surface area contributed by atoms with Gasteiger partial charge in [0.2, 0.25) is 15.8 Å². The number of hydrogen-bond acceptors (Lipinski definition) is 6. The number of halogens is 2. The molecule has 0 radical (unpaired) electrons. The second kappa shape index (κ2) is 8.12. The van der Waals surface area contributed by atoms with Crippen molar-refractivity contribution in [2.45, 2.75) is 9.79 Å². The molecule has 0 saturated carbocycles. The van der Waals surface area contributed by atoms with Crippen LogP contribution in [0.25, 0.3) is 21.9 Å². The fourth-order valence-electron chi connectivity index (χ4n) is 3.77. The van der Waals surface area contributed by atoms with Gasteiger partial charge < -0.3 is 9.88 Å². The number of pyridine rings is 1. The predicted octanol–water partition coefficient (Wildman–Crippen LogP) is 4.70. The average molecular weight is 514 g/mol. The molecule has 0 aliphatic carbocycles. The summed E-state index contributed by atoms with van der Waals surface area (Å²) in [6, 6.07) is 13.1. The first-order valence-corrected chi connectivity index (χ1v) is 12.3. The van der Waals surface area contributed by atoms with Crippen molar-refractivity contribution in [1.82, 2.24) is 19.1 Å². The number of nitrogens with zero attached hydrogens (tertiary/aromatic N) is 4. The summed E-state index contributed by atoms with van der Waals surface area (Å²) in [7, 11) is -0.777. The van der Waals surface area contributed by atoms with E-state index in [9.17, 15) is 13.2 Å². The molecule has 8 nitrogen and oxygen atoms in total. The van der Waals surface area contributed by atoms with E-state index in [0.29, 0.717) is 5.39 Å². The third-order valence-corrected chi connectivity index (χ3v) is 8.00. The van der Waals surface area contributed by atoms with Crippen LogP contribution in [0.1, 0.15) is 0 Å². The fraction of sp³-hybridized carbons (Fsp3) is 0.0870. The van der Waals surface area contributed by atoms with Gasteiger partial charge in [0.15, 0.2) is 0 Å². The van der Waals surface area contributed by atoms with Crippen LogP contribution in [0.3, 0.4) is 0 Å². The summed E-state index contributed by atoms with van der Waals surface area (Å²) in [5, 5.41) is 4.79.